The van der Waals surface area contributed by atoms with Crippen LogP contribution in [0.15, 0.2) is 0 Å². The van der Waals surface area contributed by atoms with Crippen LogP contribution in [-0.4, -0.2) is 24.5 Å². The Morgan fingerprint density at radius 1 is 1.17 bits per heavy atom. The number of carbonyl (C=O) groups is 1. The SMILES string of the molecule is NCCC(N)C(N)CCC(N)=O. The van der Waals surface area contributed by atoms with Crippen LogP contribution in [0.25, 0.3) is 0 Å². The average molecular weight is 174 g/mol. The Labute approximate surface area is 72.4 Å². The van der Waals surface area contributed by atoms with Crippen LogP contribution in [0.2, 0.25) is 0 Å². The maximum Gasteiger partial charge on any atom is 0.217 e. The van der Waals surface area contributed by atoms with E-state index in [1.807, 2.05) is 0 Å². The molecule has 0 aromatic heterocycles. The summed E-state index contributed by atoms with van der Waals surface area (Å²) in [5, 5.41) is 0. The minimum Gasteiger partial charge on any atom is -0.370 e. The number of rotatable bonds is 6. The molecule has 0 saturated heterocycles. The van der Waals surface area contributed by atoms with Crippen LogP contribution in [0, 0.1) is 0 Å². The molecule has 0 aromatic rings. The number of hydrogen-bond donors (Lipinski definition) is 4. The molecular weight excluding hydrogens is 156 g/mol. The Bertz CT molecular complexity index is 139. The van der Waals surface area contributed by atoms with E-state index in [0.717, 1.165) is 0 Å². The fourth-order valence-electron chi connectivity index (χ4n) is 0.930. The van der Waals surface area contributed by atoms with Crippen molar-refractivity contribution < 1.29 is 4.79 Å². The molecule has 1 amide bonds. The largest absolute Gasteiger partial charge is 0.370 e. The minimum absolute atomic E-state index is 0.130. The number of hydrogen-bond acceptors (Lipinski definition) is 4. The molecule has 0 aliphatic heterocycles. The van der Waals surface area contributed by atoms with E-state index in [1.165, 1.54) is 0 Å². The Hall–Kier alpha value is -0.650. The quantitative estimate of drug-likeness (QED) is 0.381. The summed E-state index contributed by atoms with van der Waals surface area (Å²) < 4.78 is 0. The normalized spacial score (nSPS) is 15.6. The third kappa shape index (κ3) is 5.06. The van der Waals surface area contributed by atoms with Gasteiger partial charge >= 0.3 is 0 Å². The third-order valence-corrected chi connectivity index (χ3v) is 1.77. The zero-order chi connectivity index (χ0) is 9.56. The summed E-state index contributed by atoms with van der Waals surface area (Å²) in [5.41, 5.74) is 21.6. The van der Waals surface area contributed by atoms with E-state index >= 15 is 0 Å². The molecule has 5 heteroatoms. The Morgan fingerprint density at radius 3 is 2.08 bits per heavy atom. The lowest BCUT2D eigenvalue weighted by atomic mass is 10.0. The van der Waals surface area contributed by atoms with Crippen LogP contribution in [-0.2, 0) is 4.79 Å². The van der Waals surface area contributed by atoms with Crippen molar-refractivity contribution in [3.63, 3.8) is 0 Å². The summed E-state index contributed by atoms with van der Waals surface area (Å²) in [6.07, 6.45) is 1.51. The van der Waals surface area contributed by atoms with E-state index in [0.29, 0.717) is 25.8 Å². The molecule has 0 aromatic carbocycles. The Morgan fingerprint density at radius 2 is 1.67 bits per heavy atom. The number of nitrogens with two attached hydrogens (primary N) is 4. The van der Waals surface area contributed by atoms with Crippen LogP contribution in [0.5, 0.6) is 0 Å². The van der Waals surface area contributed by atoms with Crippen molar-refractivity contribution in [1.82, 2.24) is 0 Å². The lowest BCUT2D eigenvalue weighted by molar-refractivity contribution is -0.118. The van der Waals surface area contributed by atoms with Gasteiger partial charge in [0.2, 0.25) is 5.91 Å². The molecule has 12 heavy (non-hydrogen) atoms. The number of primary amides is 1. The summed E-state index contributed by atoms with van der Waals surface area (Å²) >= 11 is 0. The topological polar surface area (TPSA) is 121 Å². The summed E-state index contributed by atoms with van der Waals surface area (Å²) in [5.74, 6) is -0.342. The van der Waals surface area contributed by atoms with Gasteiger partial charge in [0.1, 0.15) is 0 Å². The van der Waals surface area contributed by atoms with Crippen molar-refractivity contribution in [2.45, 2.75) is 31.3 Å². The first kappa shape index (κ1) is 11.4. The Kier molecular flexibility index (Phi) is 5.61. The van der Waals surface area contributed by atoms with Gasteiger partial charge in [0, 0.05) is 18.5 Å². The second-order valence-electron chi connectivity index (χ2n) is 2.91. The molecule has 0 aliphatic rings. The van der Waals surface area contributed by atoms with E-state index in [4.69, 9.17) is 22.9 Å². The molecule has 72 valence electrons. The first-order valence-corrected chi connectivity index (χ1v) is 4.07. The van der Waals surface area contributed by atoms with Gasteiger partial charge in [0.15, 0.2) is 0 Å². The van der Waals surface area contributed by atoms with E-state index in [1.54, 1.807) is 0 Å². The molecule has 8 N–H and O–H groups in total. The van der Waals surface area contributed by atoms with Gasteiger partial charge < -0.3 is 22.9 Å². The van der Waals surface area contributed by atoms with Gasteiger partial charge in [-0.05, 0) is 19.4 Å². The fourth-order valence-corrected chi connectivity index (χ4v) is 0.930. The van der Waals surface area contributed by atoms with E-state index in [-0.39, 0.29) is 18.0 Å². The van der Waals surface area contributed by atoms with Gasteiger partial charge in [0.25, 0.3) is 0 Å². The zero-order valence-electron chi connectivity index (χ0n) is 7.20. The van der Waals surface area contributed by atoms with Gasteiger partial charge in [-0.25, -0.2) is 0 Å². The molecule has 0 aliphatic carbocycles. The van der Waals surface area contributed by atoms with Gasteiger partial charge in [-0.2, -0.15) is 0 Å². The molecule has 0 saturated carbocycles. The summed E-state index contributed by atoms with van der Waals surface area (Å²) in [4.78, 5) is 10.4. The second-order valence-corrected chi connectivity index (χ2v) is 2.91. The third-order valence-electron chi connectivity index (χ3n) is 1.77. The number of amides is 1. The number of carbonyl (C=O) groups excluding carboxylic acids is 1. The molecule has 0 bridgehead atoms. The van der Waals surface area contributed by atoms with Crippen molar-refractivity contribution in [2.24, 2.45) is 22.9 Å². The van der Waals surface area contributed by atoms with Gasteiger partial charge in [-0.1, -0.05) is 0 Å². The smallest absolute Gasteiger partial charge is 0.217 e. The molecule has 0 spiro atoms. The zero-order valence-corrected chi connectivity index (χ0v) is 7.20. The monoisotopic (exact) mass is 174 g/mol. The van der Waals surface area contributed by atoms with Gasteiger partial charge in [-0.15, -0.1) is 0 Å². The summed E-state index contributed by atoms with van der Waals surface area (Å²) in [6, 6.07) is -0.310. The average Bonchev–Trinajstić information content (AvgIpc) is 2.00. The van der Waals surface area contributed by atoms with E-state index in [2.05, 4.69) is 0 Å². The van der Waals surface area contributed by atoms with Crippen LogP contribution in [0.1, 0.15) is 19.3 Å². The van der Waals surface area contributed by atoms with Gasteiger partial charge in [-0.3, -0.25) is 4.79 Å². The molecule has 2 atom stereocenters. The van der Waals surface area contributed by atoms with E-state index in [9.17, 15) is 4.79 Å². The standard InChI is InChI=1S/C7H18N4O/c8-4-3-6(10)5(9)1-2-7(11)12/h5-6H,1-4,8-10H2,(H2,11,12). The predicted molar refractivity (Wildman–Crippen MR) is 48.1 cm³/mol. The molecule has 0 rings (SSSR count). The summed E-state index contributed by atoms with van der Waals surface area (Å²) in [7, 11) is 0. The first-order valence-electron chi connectivity index (χ1n) is 4.07. The van der Waals surface area contributed by atoms with Crippen molar-refractivity contribution in [1.29, 1.82) is 0 Å². The van der Waals surface area contributed by atoms with Crippen molar-refractivity contribution in [3.8, 4) is 0 Å². The highest BCUT2D eigenvalue weighted by Crippen LogP contribution is 2.00. The fraction of sp³-hybridized carbons (Fsp3) is 0.857. The van der Waals surface area contributed by atoms with Crippen molar-refractivity contribution >= 4 is 5.91 Å². The van der Waals surface area contributed by atoms with Gasteiger partial charge in [0.05, 0.1) is 0 Å². The highest BCUT2D eigenvalue weighted by atomic mass is 16.1. The molecule has 2 unspecified atom stereocenters. The highest BCUT2D eigenvalue weighted by molar-refractivity contribution is 5.73. The van der Waals surface area contributed by atoms with E-state index < -0.39 is 0 Å². The first-order chi connectivity index (χ1) is 5.57. The summed E-state index contributed by atoms with van der Waals surface area (Å²) in [6.45, 7) is 0.519. The van der Waals surface area contributed by atoms with Crippen molar-refractivity contribution in [3.05, 3.63) is 0 Å². The lowest BCUT2D eigenvalue weighted by Gasteiger charge is -2.18. The van der Waals surface area contributed by atoms with Crippen molar-refractivity contribution in [2.75, 3.05) is 6.54 Å². The second kappa shape index (κ2) is 5.93. The van der Waals surface area contributed by atoms with Crippen LogP contribution < -0.4 is 22.9 Å². The van der Waals surface area contributed by atoms with Crippen LogP contribution in [0.4, 0.5) is 0 Å². The lowest BCUT2D eigenvalue weighted by Crippen LogP contribution is -2.43. The molecule has 0 heterocycles. The predicted octanol–water partition coefficient (Wildman–Crippen LogP) is -1.74. The molecule has 0 radical (unpaired) electrons. The van der Waals surface area contributed by atoms with Crippen LogP contribution >= 0.6 is 0 Å². The minimum atomic E-state index is -0.342. The molecular formula is C7H18N4O. The Balaban J connectivity index is 3.55. The maximum absolute atomic E-state index is 10.4. The maximum atomic E-state index is 10.4. The molecule has 5 nitrogen and oxygen atoms in total. The molecule has 0 fully saturated rings. The van der Waals surface area contributed by atoms with Crippen LogP contribution in [0.3, 0.4) is 0 Å². The highest BCUT2D eigenvalue weighted by Gasteiger charge is 2.12.